The number of hydrogen-bond acceptors (Lipinski definition) is 4. The molecule has 0 radical (unpaired) electrons. The lowest BCUT2D eigenvalue weighted by Gasteiger charge is -2.17. The largest absolute Gasteiger partial charge is 0.486 e. The Balaban J connectivity index is 2.15. The van der Waals surface area contributed by atoms with Gasteiger partial charge in [0.25, 0.3) is 0 Å². The second-order valence-electron chi connectivity index (χ2n) is 5.71. The summed E-state index contributed by atoms with van der Waals surface area (Å²) in [4.78, 5) is 5.84. The molecule has 0 aliphatic rings. The number of aromatic nitrogens is 1. The van der Waals surface area contributed by atoms with Gasteiger partial charge < -0.3 is 10.5 Å². The fourth-order valence-electron chi connectivity index (χ4n) is 2.28. The van der Waals surface area contributed by atoms with Crippen LogP contribution in [0.2, 0.25) is 0 Å². The number of hydrogen-bond donors (Lipinski definition) is 1. The molecular weight excluding hydrogens is 280 g/mol. The quantitative estimate of drug-likeness (QED) is 0.876. The van der Waals surface area contributed by atoms with E-state index in [9.17, 15) is 0 Å². The zero-order valence-corrected chi connectivity index (χ0v) is 14.1. The molecule has 2 aromatic rings. The minimum absolute atomic E-state index is 0.345. The van der Waals surface area contributed by atoms with Crippen molar-refractivity contribution in [3.8, 4) is 5.75 Å². The van der Waals surface area contributed by atoms with Crippen LogP contribution in [0.1, 0.15) is 48.8 Å². The van der Waals surface area contributed by atoms with Crippen LogP contribution in [-0.2, 0) is 25.0 Å². The molecule has 0 spiro atoms. The molecule has 0 fully saturated rings. The molecule has 0 amide bonds. The van der Waals surface area contributed by atoms with Gasteiger partial charge in [0, 0.05) is 10.4 Å². The standard InChI is InChI=1S/C17H24N2OS/c1-5-12-9-7-8-10-14(12)20-11-15-19-13(6-2)16(21-15)17(3,4)18/h7-10H,5-6,11,18H2,1-4H3. The van der Waals surface area contributed by atoms with Gasteiger partial charge in [-0.3, -0.25) is 0 Å². The van der Waals surface area contributed by atoms with Crippen molar-refractivity contribution in [3.63, 3.8) is 0 Å². The number of nitrogens with two attached hydrogens (primary N) is 1. The summed E-state index contributed by atoms with van der Waals surface area (Å²) in [5, 5.41) is 0.992. The van der Waals surface area contributed by atoms with E-state index >= 15 is 0 Å². The first kappa shape index (κ1) is 16.0. The van der Waals surface area contributed by atoms with Gasteiger partial charge in [-0.2, -0.15) is 0 Å². The molecule has 0 saturated heterocycles. The third-order valence-electron chi connectivity index (χ3n) is 3.37. The van der Waals surface area contributed by atoms with Gasteiger partial charge in [-0.1, -0.05) is 32.0 Å². The van der Waals surface area contributed by atoms with Gasteiger partial charge in [0.05, 0.1) is 5.69 Å². The van der Waals surface area contributed by atoms with Crippen LogP contribution in [0.15, 0.2) is 24.3 Å². The molecule has 1 aromatic carbocycles. The highest BCUT2D eigenvalue weighted by molar-refractivity contribution is 7.11. The van der Waals surface area contributed by atoms with Gasteiger partial charge in [0.2, 0.25) is 0 Å². The smallest absolute Gasteiger partial charge is 0.140 e. The Bertz CT molecular complexity index is 599. The second kappa shape index (κ2) is 6.58. The summed E-state index contributed by atoms with van der Waals surface area (Å²) in [6.07, 6.45) is 1.87. The zero-order chi connectivity index (χ0) is 15.5. The first-order valence-electron chi connectivity index (χ1n) is 7.44. The summed E-state index contributed by atoms with van der Waals surface area (Å²) in [6.45, 7) is 8.80. The highest BCUT2D eigenvalue weighted by Crippen LogP contribution is 2.29. The highest BCUT2D eigenvalue weighted by atomic mass is 32.1. The minimum Gasteiger partial charge on any atom is -0.486 e. The predicted octanol–water partition coefficient (Wildman–Crippen LogP) is 4.04. The molecule has 2 N–H and O–H groups in total. The van der Waals surface area contributed by atoms with Crippen LogP contribution < -0.4 is 10.5 Å². The normalized spacial score (nSPS) is 11.7. The number of benzene rings is 1. The molecule has 2 rings (SSSR count). The van der Waals surface area contributed by atoms with Crippen LogP contribution in [0, 0.1) is 0 Å². The van der Waals surface area contributed by atoms with Gasteiger partial charge in [-0.15, -0.1) is 11.3 Å². The van der Waals surface area contributed by atoms with Crippen molar-refractivity contribution in [2.45, 2.75) is 52.7 Å². The number of para-hydroxylation sites is 1. The van der Waals surface area contributed by atoms with Crippen molar-refractivity contribution < 1.29 is 4.74 Å². The van der Waals surface area contributed by atoms with E-state index in [0.717, 1.165) is 34.2 Å². The Kier molecular flexibility index (Phi) is 5.01. The van der Waals surface area contributed by atoms with Crippen LogP contribution in [0.5, 0.6) is 5.75 Å². The lowest BCUT2D eigenvalue weighted by atomic mass is 10.0. The first-order valence-corrected chi connectivity index (χ1v) is 8.26. The molecule has 0 aliphatic carbocycles. The van der Waals surface area contributed by atoms with Crippen LogP contribution in [0.4, 0.5) is 0 Å². The maximum absolute atomic E-state index is 6.23. The Morgan fingerprint density at radius 1 is 1.19 bits per heavy atom. The van der Waals surface area contributed by atoms with Crippen molar-refractivity contribution in [1.82, 2.24) is 4.98 Å². The van der Waals surface area contributed by atoms with E-state index in [2.05, 4.69) is 24.9 Å². The highest BCUT2D eigenvalue weighted by Gasteiger charge is 2.22. The molecule has 0 aliphatic heterocycles. The van der Waals surface area contributed by atoms with Crippen molar-refractivity contribution in [3.05, 3.63) is 45.4 Å². The molecular formula is C17H24N2OS. The second-order valence-corrected chi connectivity index (χ2v) is 6.79. The molecule has 4 heteroatoms. The van der Waals surface area contributed by atoms with Crippen molar-refractivity contribution in [2.75, 3.05) is 0 Å². The molecule has 0 saturated carbocycles. The van der Waals surface area contributed by atoms with Gasteiger partial charge >= 0.3 is 0 Å². The first-order chi connectivity index (χ1) is 9.95. The maximum Gasteiger partial charge on any atom is 0.140 e. The van der Waals surface area contributed by atoms with Crippen molar-refractivity contribution in [2.24, 2.45) is 5.73 Å². The van der Waals surface area contributed by atoms with Gasteiger partial charge in [0.1, 0.15) is 17.4 Å². The number of aryl methyl sites for hydroxylation is 2. The van der Waals surface area contributed by atoms with Gasteiger partial charge in [-0.05, 0) is 38.3 Å². The average molecular weight is 304 g/mol. The van der Waals surface area contributed by atoms with Crippen molar-refractivity contribution >= 4 is 11.3 Å². The summed E-state index contributed by atoms with van der Waals surface area (Å²) >= 11 is 1.66. The van der Waals surface area contributed by atoms with E-state index in [-0.39, 0.29) is 5.54 Å². The van der Waals surface area contributed by atoms with E-state index in [0.29, 0.717) is 6.61 Å². The molecule has 3 nitrogen and oxygen atoms in total. The lowest BCUT2D eigenvalue weighted by molar-refractivity contribution is 0.302. The van der Waals surface area contributed by atoms with Crippen LogP contribution in [-0.4, -0.2) is 4.98 Å². The summed E-state index contributed by atoms with van der Waals surface area (Å²) in [5.74, 6) is 0.946. The maximum atomic E-state index is 6.23. The van der Waals surface area contributed by atoms with E-state index in [4.69, 9.17) is 10.5 Å². The number of thiazole rings is 1. The Hall–Kier alpha value is -1.39. The summed E-state index contributed by atoms with van der Waals surface area (Å²) in [7, 11) is 0. The van der Waals surface area contributed by atoms with E-state index in [1.165, 1.54) is 5.56 Å². The van der Waals surface area contributed by atoms with Crippen LogP contribution in [0.25, 0.3) is 0 Å². The Morgan fingerprint density at radius 3 is 2.48 bits per heavy atom. The fourth-order valence-corrected chi connectivity index (χ4v) is 3.36. The van der Waals surface area contributed by atoms with Gasteiger partial charge in [-0.25, -0.2) is 4.98 Å². The number of ether oxygens (including phenoxy) is 1. The third-order valence-corrected chi connectivity index (χ3v) is 4.78. The Labute approximate surface area is 131 Å². The fraction of sp³-hybridized carbons (Fsp3) is 0.471. The molecule has 1 aromatic heterocycles. The molecule has 0 bridgehead atoms. The van der Waals surface area contributed by atoms with E-state index in [1.54, 1.807) is 11.3 Å². The van der Waals surface area contributed by atoms with Gasteiger partial charge in [0.15, 0.2) is 0 Å². The summed E-state index contributed by atoms with van der Waals surface area (Å²) < 4.78 is 5.95. The minimum atomic E-state index is -0.345. The third kappa shape index (κ3) is 3.83. The van der Waals surface area contributed by atoms with Crippen LogP contribution >= 0.6 is 11.3 Å². The molecule has 0 unspecified atom stereocenters. The van der Waals surface area contributed by atoms with Crippen LogP contribution in [0.3, 0.4) is 0 Å². The summed E-state index contributed by atoms with van der Waals surface area (Å²) in [5.41, 5.74) is 8.20. The topological polar surface area (TPSA) is 48.1 Å². The number of nitrogens with zero attached hydrogens (tertiary/aromatic N) is 1. The monoisotopic (exact) mass is 304 g/mol. The van der Waals surface area contributed by atoms with Crippen molar-refractivity contribution in [1.29, 1.82) is 0 Å². The van der Waals surface area contributed by atoms with E-state index < -0.39 is 0 Å². The number of rotatable bonds is 6. The van der Waals surface area contributed by atoms with E-state index in [1.807, 2.05) is 32.0 Å². The lowest BCUT2D eigenvalue weighted by Crippen LogP contribution is -2.28. The predicted molar refractivity (Wildman–Crippen MR) is 88.9 cm³/mol. The molecule has 1 heterocycles. The molecule has 114 valence electrons. The Morgan fingerprint density at radius 2 is 1.90 bits per heavy atom. The molecule has 21 heavy (non-hydrogen) atoms. The zero-order valence-electron chi connectivity index (χ0n) is 13.3. The summed E-state index contributed by atoms with van der Waals surface area (Å²) in [6, 6.07) is 8.16. The average Bonchev–Trinajstić information content (AvgIpc) is 2.89. The molecule has 0 atom stereocenters. The SMILES string of the molecule is CCc1ccccc1OCc1nc(CC)c(C(C)(C)N)s1.